The van der Waals surface area contributed by atoms with Crippen molar-refractivity contribution in [2.45, 2.75) is 48.4 Å². The van der Waals surface area contributed by atoms with E-state index in [1.807, 2.05) is 16.7 Å². The molecule has 5 nitrogen and oxygen atoms in total. The molecule has 31 heavy (non-hydrogen) atoms. The Labute approximate surface area is 194 Å². The fraction of sp³-hybridized carbons (Fsp3) is 0.682. The maximum Gasteiger partial charge on any atom is 0.416 e. The molecule has 1 aromatic rings. The van der Waals surface area contributed by atoms with Gasteiger partial charge in [0, 0.05) is 31.9 Å². The van der Waals surface area contributed by atoms with Crippen LogP contribution in [0.2, 0.25) is 0 Å². The van der Waals surface area contributed by atoms with Crippen molar-refractivity contribution in [3.8, 4) is 0 Å². The second-order valence-electron chi connectivity index (χ2n) is 9.22. The van der Waals surface area contributed by atoms with E-state index in [2.05, 4.69) is 27.5 Å². The van der Waals surface area contributed by atoms with Gasteiger partial charge in [-0.25, -0.2) is 0 Å². The van der Waals surface area contributed by atoms with Crippen molar-refractivity contribution >= 4 is 34.2 Å². The lowest BCUT2D eigenvalue weighted by atomic mass is 9.90. The first kappa shape index (κ1) is 23.1. The molecule has 2 saturated heterocycles. The van der Waals surface area contributed by atoms with Crippen molar-refractivity contribution in [1.82, 2.24) is 9.80 Å². The highest BCUT2D eigenvalue weighted by molar-refractivity contribution is 14.1. The minimum Gasteiger partial charge on any atom is -0.391 e. The Kier molecular flexibility index (Phi) is 6.24. The van der Waals surface area contributed by atoms with Crippen LogP contribution in [0.1, 0.15) is 38.2 Å². The van der Waals surface area contributed by atoms with Crippen molar-refractivity contribution < 1.29 is 23.1 Å². The number of anilines is 1. The monoisotopic (exact) mass is 551 g/mol. The summed E-state index contributed by atoms with van der Waals surface area (Å²) in [6, 6.07) is 5.02. The number of carbonyl (C=O) groups excluding carboxylic acids is 1. The van der Waals surface area contributed by atoms with Gasteiger partial charge >= 0.3 is 6.18 Å². The standard InChI is InChI=1S/C22H29F3IN3O2/c1-20(26)19(31)28(11-2-10-27-12-9-21(7-8-21)18(30)15-27)13-14-29(20)17-5-3-16(4-6-17)22(23,24)25/h3-6,18,30H,2,7-15H2,1H3. The van der Waals surface area contributed by atoms with Crippen LogP contribution in [0.5, 0.6) is 0 Å². The predicted molar refractivity (Wildman–Crippen MR) is 121 cm³/mol. The van der Waals surface area contributed by atoms with Crippen LogP contribution in [0, 0.1) is 5.41 Å². The van der Waals surface area contributed by atoms with E-state index in [0.717, 1.165) is 57.5 Å². The Morgan fingerprint density at radius 1 is 1.10 bits per heavy atom. The van der Waals surface area contributed by atoms with Crippen LogP contribution >= 0.6 is 22.6 Å². The predicted octanol–water partition coefficient (Wildman–Crippen LogP) is 3.74. The van der Waals surface area contributed by atoms with E-state index in [1.54, 1.807) is 0 Å². The first-order chi connectivity index (χ1) is 14.5. The van der Waals surface area contributed by atoms with Crippen LogP contribution in [-0.2, 0) is 11.0 Å². The highest BCUT2D eigenvalue weighted by Crippen LogP contribution is 2.53. The Bertz CT molecular complexity index is 811. The van der Waals surface area contributed by atoms with Gasteiger partial charge in [-0.3, -0.25) is 4.79 Å². The molecule has 2 atom stereocenters. The number of carbonyl (C=O) groups is 1. The minimum absolute atomic E-state index is 0.0186. The van der Waals surface area contributed by atoms with Crippen molar-refractivity contribution in [1.29, 1.82) is 0 Å². The van der Waals surface area contributed by atoms with Crippen molar-refractivity contribution in [2.75, 3.05) is 44.2 Å². The molecule has 3 fully saturated rings. The van der Waals surface area contributed by atoms with Gasteiger partial charge in [-0.1, -0.05) is 0 Å². The number of alkyl halides is 4. The molecular formula is C22H29F3IN3O2. The van der Waals surface area contributed by atoms with Crippen molar-refractivity contribution in [3.63, 3.8) is 0 Å². The summed E-state index contributed by atoms with van der Waals surface area (Å²) < 4.78 is 37.7. The summed E-state index contributed by atoms with van der Waals surface area (Å²) in [7, 11) is 0. The number of β-amino-alcohol motifs (C(OH)–C–C–N with tert-alkyl or cyclic N) is 1. The second kappa shape index (κ2) is 8.37. The van der Waals surface area contributed by atoms with E-state index in [4.69, 9.17) is 0 Å². The second-order valence-corrected chi connectivity index (χ2v) is 11.3. The third-order valence-corrected chi connectivity index (χ3v) is 8.19. The Morgan fingerprint density at radius 2 is 1.77 bits per heavy atom. The highest BCUT2D eigenvalue weighted by atomic mass is 127. The zero-order chi connectivity index (χ0) is 22.4. The fourth-order valence-corrected chi connectivity index (χ4v) is 5.72. The van der Waals surface area contributed by atoms with Crippen LogP contribution in [-0.4, -0.2) is 69.7 Å². The summed E-state index contributed by atoms with van der Waals surface area (Å²) in [6.45, 7) is 6.17. The van der Waals surface area contributed by atoms with Gasteiger partial charge in [-0.2, -0.15) is 13.2 Å². The van der Waals surface area contributed by atoms with Crippen molar-refractivity contribution in [2.24, 2.45) is 5.41 Å². The number of rotatable bonds is 5. The normalized spacial score (nSPS) is 29.0. The van der Waals surface area contributed by atoms with Crippen LogP contribution in [0.3, 0.4) is 0 Å². The number of benzene rings is 1. The molecule has 0 bridgehead atoms. The molecule has 9 heteroatoms. The summed E-state index contributed by atoms with van der Waals surface area (Å²) in [5.41, 5.74) is 0.130. The zero-order valence-corrected chi connectivity index (χ0v) is 19.8. The lowest BCUT2D eigenvalue weighted by Crippen LogP contribution is -2.61. The maximum atomic E-state index is 13.1. The molecule has 1 saturated carbocycles. The van der Waals surface area contributed by atoms with Crippen LogP contribution in [0.15, 0.2) is 24.3 Å². The quantitative estimate of drug-likeness (QED) is 0.344. The number of nitrogens with zero attached hydrogens (tertiary/aromatic N) is 3. The zero-order valence-electron chi connectivity index (χ0n) is 17.7. The van der Waals surface area contributed by atoms with Crippen LogP contribution in [0.4, 0.5) is 18.9 Å². The van der Waals surface area contributed by atoms with Gasteiger partial charge in [-0.15, -0.1) is 0 Å². The molecule has 2 aliphatic heterocycles. The van der Waals surface area contributed by atoms with Gasteiger partial charge in [-0.05, 0) is 98.0 Å². The third-order valence-electron chi connectivity index (χ3n) is 7.14. The number of hydrogen-bond donors (Lipinski definition) is 1. The molecule has 1 N–H and O–H groups in total. The van der Waals surface area contributed by atoms with E-state index in [1.165, 1.54) is 12.1 Å². The molecule has 1 amide bonds. The van der Waals surface area contributed by atoms with E-state index < -0.39 is 15.3 Å². The largest absolute Gasteiger partial charge is 0.416 e. The number of aliphatic hydroxyl groups is 1. The summed E-state index contributed by atoms with van der Waals surface area (Å²) in [5, 5.41) is 10.4. The average molecular weight is 551 g/mol. The summed E-state index contributed by atoms with van der Waals surface area (Å²) in [6.07, 6.45) is -0.400. The lowest BCUT2D eigenvalue weighted by molar-refractivity contribution is -0.137. The molecule has 0 radical (unpaired) electrons. The van der Waals surface area contributed by atoms with E-state index in [9.17, 15) is 23.1 Å². The first-order valence-corrected chi connectivity index (χ1v) is 11.9. The molecule has 1 aromatic carbocycles. The number of amides is 1. The molecule has 3 aliphatic rings. The lowest BCUT2D eigenvalue weighted by Gasteiger charge is -2.46. The van der Waals surface area contributed by atoms with E-state index in [-0.39, 0.29) is 17.4 Å². The van der Waals surface area contributed by atoms with Crippen LogP contribution < -0.4 is 4.90 Å². The van der Waals surface area contributed by atoms with Gasteiger partial charge in [0.1, 0.15) is 0 Å². The Balaban J connectivity index is 1.31. The summed E-state index contributed by atoms with van der Waals surface area (Å²) in [4.78, 5) is 19.2. The number of piperidine rings is 1. The van der Waals surface area contributed by atoms with Gasteiger partial charge in [0.25, 0.3) is 5.91 Å². The van der Waals surface area contributed by atoms with E-state index in [0.29, 0.717) is 25.3 Å². The third kappa shape index (κ3) is 4.68. The maximum absolute atomic E-state index is 13.1. The number of halogens is 4. The van der Waals surface area contributed by atoms with Gasteiger partial charge < -0.3 is 19.8 Å². The average Bonchev–Trinajstić information content (AvgIpc) is 3.49. The molecule has 2 heterocycles. The molecule has 1 spiro atoms. The van der Waals surface area contributed by atoms with Gasteiger partial charge in [0.05, 0.1) is 11.7 Å². The number of aliphatic hydroxyl groups excluding tert-OH is 1. The SMILES string of the molecule is CC1(I)C(=O)N(CCCN2CCC3(CC3)C(O)C2)CCN1c1ccc(C(F)(F)F)cc1. The highest BCUT2D eigenvalue weighted by Gasteiger charge is 2.51. The van der Waals surface area contributed by atoms with Gasteiger partial charge in [0.15, 0.2) is 3.55 Å². The van der Waals surface area contributed by atoms with Crippen LogP contribution in [0.25, 0.3) is 0 Å². The molecule has 1 aliphatic carbocycles. The minimum atomic E-state index is -4.37. The van der Waals surface area contributed by atoms with Gasteiger partial charge in [0.2, 0.25) is 0 Å². The molecular weight excluding hydrogens is 522 g/mol. The fourth-order valence-electron chi connectivity index (χ4n) is 4.86. The Morgan fingerprint density at radius 3 is 2.35 bits per heavy atom. The topological polar surface area (TPSA) is 47.0 Å². The van der Waals surface area contributed by atoms with E-state index >= 15 is 0 Å². The summed E-state index contributed by atoms with van der Waals surface area (Å²) >= 11 is 2.10. The number of likely N-dealkylation sites (tertiary alicyclic amines) is 1. The summed E-state index contributed by atoms with van der Waals surface area (Å²) in [5.74, 6) is -0.0186. The Hall–Kier alpha value is -1.07. The smallest absolute Gasteiger partial charge is 0.391 e. The number of hydrogen-bond acceptors (Lipinski definition) is 4. The molecule has 4 rings (SSSR count). The molecule has 0 aromatic heterocycles. The first-order valence-electron chi connectivity index (χ1n) is 10.9. The number of piperazine rings is 1. The molecule has 2 unspecified atom stereocenters. The van der Waals surface area contributed by atoms with Crippen molar-refractivity contribution in [3.05, 3.63) is 29.8 Å². The molecule has 172 valence electrons.